The highest BCUT2D eigenvalue weighted by Gasteiger charge is 2.33. The van der Waals surface area contributed by atoms with Crippen LogP contribution in [0, 0.1) is 0 Å². The van der Waals surface area contributed by atoms with Gasteiger partial charge < -0.3 is 14.2 Å². The van der Waals surface area contributed by atoms with Gasteiger partial charge in [0.05, 0.1) is 12.7 Å². The van der Waals surface area contributed by atoms with Gasteiger partial charge in [-0.2, -0.15) is 0 Å². The third kappa shape index (κ3) is 5.24. The first kappa shape index (κ1) is 11.0. The monoisotopic (exact) mass is 188 g/mol. The van der Waals surface area contributed by atoms with Gasteiger partial charge >= 0.3 is 0 Å². The molecule has 3 heteroatoms. The van der Waals surface area contributed by atoms with E-state index in [-0.39, 0.29) is 0 Å². The van der Waals surface area contributed by atoms with Crippen LogP contribution in [-0.4, -0.2) is 39.1 Å². The summed E-state index contributed by atoms with van der Waals surface area (Å²) < 4.78 is 15.6. The number of rotatable bonds is 8. The van der Waals surface area contributed by atoms with Crippen molar-refractivity contribution in [1.82, 2.24) is 0 Å². The molecule has 0 spiro atoms. The Morgan fingerprint density at radius 1 is 1.15 bits per heavy atom. The second-order valence-electron chi connectivity index (χ2n) is 3.51. The normalized spacial score (nSPS) is 26.3. The predicted molar refractivity (Wildman–Crippen MR) is 50.9 cm³/mol. The number of hydrogen-bond acceptors (Lipinski definition) is 3. The average molecular weight is 188 g/mol. The van der Waals surface area contributed by atoms with Crippen LogP contribution in [0.4, 0.5) is 0 Å². The van der Waals surface area contributed by atoms with Crippen LogP contribution < -0.4 is 0 Å². The fourth-order valence-electron chi connectivity index (χ4n) is 1.23. The molecule has 0 aromatic carbocycles. The van der Waals surface area contributed by atoms with Crippen molar-refractivity contribution in [2.45, 2.75) is 38.4 Å². The van der Waals surface area contributed by atoms with Gasteiger partial charge in [0, 0.05) is 20.3 Å². The van der Waals surface area contributed by atoms with E-state index in [1.54, 1.807) is 7.11 Å². The lowest BCUT2D eigenvalue weighted by Gasteiger charge is -2.01. The van der Waals surface area contributed by atoms with E-state index in [9.17, 15) is 0 Å². The zero-order valence-electron chi connectivity index (χ0n) is 8.62. The molecule has 2 unspecified atom stereocenters. The summed E-state index contributed by atoms with van der Waals surface area (Å²) in [6.07, 6.45) is 4.25. The van der Waals surface area contributed by atoms with Crippen LogP contribution in [0.1, 0.15) is 26.2 Å². The van der Waals surface area contributed by atoms with Crippen molar-refractivity contribution >= 4 is 0 Å². The first-order valence-electron chi connectivity index (χ1n) is 5.06. The molecule has 0 amide bonds. The summed E-state index contributed by atoms with van der Waals surface area (Å²) in [5.41, 5.74) is 0. The summed E-state index contributed by atoms with van der Waals surface area (Å²) in [5.74, 6) is 0. The molecule has 1 saturated heterocycles. The number of methoxy groups -OCH3 is 1. The Labute approximate surface area is 80.4 Å². The molecule has 1 rings (SSSR count). The van der Waals surface area contributed by atoms with E-state index in [0.29, 0.717) is 12.2 Å². The molecule has 1 aliphatic heterocycles. The van der Waals surface area contributed by atoms with Gasteiger partial charge in [0.2, 0.25) is 0 Å². The Hall–Kier alpha value is -0.120. The van der Waals surface area contributed by atoms with Gasteiger partial charge in [-0.15, -0.1) is 0 Å². The van der Waals surface area contributed by atoms with Crippen LogP contribution in [0.25, 0.3) is 0 Å². The SMILES string of the molecule is COCCCCCOCC1OC1C. The highest BCUT2D eigenvalue weighted by Crippen LogP contribution is 2.20. The molecule has 0 N–H and O–H groups in total. The Morgan fingerprint density at radius 2 is 1.85 bits per heavy atom. The molecule has 1 aliphatic rings. The molecule has 0 saturated carbocycles. The molecule has 3 nitrogen and oxygen atoms in total. The minimum atomic E-state index is 0.374. The molecule has 0 aliphatic carbocycles. The lowest BCUT2D eigenvalue weighted by molar-refractivity contribution is 0.110. The van der Waals surface area contributed by atoms with Crippen LogP contribution in [0.5, 0.6) is 0 Å². The van der Waals surface area contributed by atoms with Crippen molar-refractivity contribution in [1.29, 1.82) is 0 Å². The second-order valence-corrected chi connectivity index (χ2v) is 3.51. The third-order valence-electron chi connectivity index (χ3n) is 2.26. The number of epoxide rings is 1. The topological polar surface area (TPSA) is 31.0 Å². The second kappa shape index (κ2) is 6.35. The van der Waals surface area contributed by atoms with Gasteiger partial charge in [0.1, 0.15) is 6.10 Å². The number of ether oxygens (including phenoxy) is 3. The van der Waals surface area contributed by atoms with Crippen molar-refractivity contribution < 1.29 is 14.2 Å². The molecule has 0 aromatic heterocycles. The highest BCUT2D eigenvalue weighted by molar-refractivity contribution is 4.79. The van der Waals surface area contributed by atoms with Gasteiger partial charge in [-0.3, -0.25) is 0 Å². The molecular weight excluding hydrogens is 168 g/mol. The first-order valence-corrected chi connectivity index (χ1v) is 5.06. The minimum absolute atomic E-state index is 0.374. The maximum Gasteiger partial charge on any atom is 0.107 e. The van der Waals surface area contributed by atoms with E-state index < -0.39 is 0 Å². The lowest BCUT2D eigenvalue weighted by atomic mass is 10.2. The molecule has 1 fully saturated rings. The summed E-state index contributed by atoms with van der Waals surface area (Å²) >= 11 is 0. The van der Waals surface area contributed by atoms with Crippen molar-refractivity contribution in [3.8, 4) is 0 Å². The Morgan fingerprint density at radius 3 is 2.46 bits per heavy atom. The maximum absolute atomic E-state index is 5.44. The lowest BCUT2D eigenvalue weighted by Crippen LogP contribution is -2.04. The maximum atomic E-state index is 5.44. The quantitative estimate of drug-likeness (QED) is 0.428. The van der Waals surface area contributed by atoms with Crippen LogP contribution in [0.15, 0.2) is 0 Å². The van der Waals surface area contributed by atoms with E-state index in [1.165, 1.54) is 6.42 Å². The summed E-state index contributed by atoms with van der Waals surface area (Å²) in [6.45, 7) is 4.57. The molecule has 78 valence electrons. The predicted octanol–water partition coefficient (Wildman–Crippen LogP) is 1.61. The standard InChI is InChI=1S/C10H20O3/c1-9-10(13-9)8-12-7-5-3-4-6-11-2/h9-10H,3-8H2,1-2H3. The van der Waals surface area contributed by atoms with Gasteiger partial charge in [0.15, 0.2) is 0 Å². The Bertz CT molecular complexity index is 127. The fraction of sp³-hybridized carbons (Fsp3) is 1.00. The molecule has 0 bridgehead atoms. The highest BCUT2D eigenvalue weighted by atomic mass is 16.6. The van der Waals surface area contributed by atoms with Gasteiger partial charge in [-0.05, 0) is 26.2 Å². The van der Waals surface area contributed by atoms with Crippen LogP contribution in [-0.2, 0) is 14.2 Å². The molecular formula is C10H20O3. The molecule has 0 aromatic rings. The van der Waals surface area contributed by atoms with Crippen molar-refractivity contribution in [3.05, 3.63) is 0 Å². The Balaban J connectivity index is 1.69. The van der Waals surface area contributed by atoms with Crippen LogP contribution in [0.2, 0.25) is 0 Å². The zero-order valence-corrected chi connectivity index (χ0v) is 8.62. The van der Waals surface area contributed by atoms with E-state index in [2.05, 4.69) is 6.92 Å². The summed E-state index contributed by atoms with van der Waals surface area (Å²) in [6, 6.07) is 0. The minimum Gasteiger partial charge on any atom is -0.385 e. The molecule has 2 atom stereocenters. The number of unbranched alkanes of at least 4 members (excludes halogenated alkanes) is 2. The molecule has 1 heterocycles. The van der Waals surface area contributed by atoms with E-state index in [4.69, 9.17) is 14.2 Å². The van der Waals surface area contributed by atoms with Gasteiger partial charge in [-0.1, -0.05) is 0 Å². The van der Waals surface area contributed by atoms with Crippen molar-refractivity contribution in [2.24, 2.45) is 0 Å². The van der Waals surface area contributed by atoms with E-state index >= 15 is 0 Å². The Kier molecular flexibility index (Phi) is 5.35. The van der Waals surface area contributed by atoms with Crippen molar-refractivity contribution in [3.63, 3.8) is 0 Å². The van der Waals surface area contributed by atoms with Gasteiger partial charge in [0.25, 0.3) is 0 Å². The summed E-state index contributed by atoms with van der Waals surface area (Å²) in [5, 5.41) is 0. The summed E-state index contributed by atoms with van der Waals surface area (Å²) in [4.78, 5) is 0. The third-order valence-corrected chi connectivity index (χ3v) is 2.26. The molecule has 0 radical (unpaired) electrons. The van der Waals surface area contributed by atoms with E-state index in [1.807, 2.05) is 0 Å². The van der Waals surface area contributed by atoms with Crippen LogP contribution in [0.3, 0.4) is 0 Å². The first-order chi connectivity index (χ1) is 6.34. The van der Waals surface area contributed by atoms with Gasteiger partial charge in [-0.25, -0.2) is 0 Å². The zero-order chi connectivity index (χ0) is 9.52. The smallest absolute Gasteiger partial charge is 0.107 e. The molecule has 13 heavy (non-hydrogen) atoms. The largest absolute Gasteiger partial charge is 0.385 e. The fourth-order valence-corrected chi connectivity index (χ4v) is 1.23. The number of hydrogen-bond donors (Lipinski definition) is 0. The van der Waals surface area contributed by atoms with E-state index in [0.717, 1.165) is 32.7 Å². The van der Waals surface area contributed by atoms with Crippen LogP contribution >= 0.6 is 0 Å². The van der Waals surface area contributed by atoms with Crippen molar-refractivity contribution in [2.75, 3.05) is 26.9 Å². The average Bonchev–Trinajstić information content (AvgIpc) is 2.81. The summed E-state index contributed by atoms with van der Waals surface area (Å²) in [7, 11) is 1.74.